The molecular formula is C19H26Cl2N2O3. The van der Waals surface area contributed by atoms with E-state index < -0.39 is 0 Å². The molecule has 0 saturated carbocycles. The first kappa shape index (κ1) is 21.2. The van der Waals surface area contributed by atoms with Crippen LogP contribution in [0.1, 0.15) is 23.1 Å². The zero-order chi connectivity index (χ0) is 16.7. The van der Waals surface area contributed by atoms with Crippen LogP contribution in [0.2, 0.25) is 0 Å². The van der Waals surface area contributed by atoms with E-state index in [9.17, 15) is 4.79 Å². The molecule has 1 aromatic carbocycles. The lowest BCUT2D eigenvalue weighted by Crippen LogP contribution is -2.52. The normalized spacial score (nSPS) is 23.0. The Kier molecular flexibility index (Phi) is 6.75. The van der Waals surface area contributed by atoms with Gasteiger partial charge in [0, 0.05) is 37.6 Å². The minimum Gasteiger partial charge on any atom is -0.423 e. The van der Waals surface area contributed by atoms with Crippen molar-refractivity contribution in [2.24, 2.45) is 0 Å². The van der Waals surface area contributed by atoms with E-state index in [1.54, 1.807) is 6.07 Å². The van der Waals surface area contributed by atoms with E-state index in [1.165, 1.54) is 5.56 Å². The van der Waals surface area contributed by atoms with Crippen molar-refractivity contribution in [2.45, 2.75) is 32.4 Å². The smallest absolute Gasteiger partial charge is 0.336 e. The van der Waals surface area contributed by atoms with Crippen LogP contribution in [-0.4, -0.2) is 43.3 Å². The molecule has 1 aromatic heterocycles. The standard InChI is InChI=1S/C19H24N2O3.2ClH/c1-13-7-16-15(9-18(22)24-17(16)8-14(13)2)10-21-5-6-23-19(12-21)3-4-20-11-19;;/h7-9,20H,3-6,10-12H2,1-2H3;2*1H. The highest BCUT2D eigenvalue weighted by molar-refractivity contribution is 5.85. The molecule has 5 nitrogen and oxygen atoms in total. The minimum absolute atomic E-state index is 0. The number of ether oxygens (including phenoxy) is 1. The quantitative estimate of drug-likeness (QED) is 0.785. The average molecular weight is 401 g/mol. The first-order valence-electron chi connectivity index (χ1n) is 8.66. The molecule has 0 amide bonds. The van der Waals surface area contributed by atoms with Gasteiger partial charge in [0.2, 0.25) is 0 Å². The van der Waals surface area contributed by atoms with Gasteiger partial charge in [-0.25, -0.2) is 4.79 Å². The summed E-state index contributed by atoms with van der Waals surface area (Å²) in [7, 11) is 0. The van der Waals surface area contributed by atoms with Crippen LogP contribution in [0.3, 0.4) is 0 Å². The Balaban J connectivity index is 0.00000121. The van der Waals surface area contributed by atoms with Crippen LogP contribution in [0.25, 0.3) is 11.0 Å². The maximum Gasteiger partial charge on any atom is 0.336 e. The summed E-state index contributed by atoms with van der Waals surface area (Å²) in [6.45, 7) is 9.39. The van der Waals surface area contributed by atoms with Crippen molar-refractivity contribution < 1.29 is 9.15 Å². The Hall–Kier alpha value is -1.11. The Morgan fingerprint density at radius 2 is 1.96 bits per heavy atom. The summed E-state index contributed by atoms with van der Waals surface area (Å²) in [5.74, 6) is 0. The number of hydrogen-bond acceptors (Lipinski definition) is 5. The molecule has 2 fully saturated rings. The maximum atomic E-state index is 12.0. The number of hydrogen-bond donors (Lipinski definition) is 1. The average Bonchev–Trinajstić information content (AvgIpc) is 2.97. The number of aryl methyl sites for hydroxylation is 2. The Morgan fingerprint density at radius 3 is 2.69 bits per heavy atom. The molecule has 144 valence electrons. The molecule has 2 aliphatic heterocycles. The van der Waals surface area contributed by atoms with Crippen LogP contribution in [0.15, 0.2) is 27.4 Å². The van der Waals surface area contributed by atoms with Gasteiger partial charge in [0.05, 0.1) is 12.2 Å². The zero-order valence-electron chi connectivity index (χ0n) is 15.2. The summed E-state index contributed by atoms with van der Waals surface area (Å²) in [6.07, 6.45) is 1.06. The van der Waals surface area contributed by atoms with E-state index in [4.69, 9.17) is 9.15 Å². The lowest BCUT2D eigenvalue weighted by atomic mass is 9.99. The number of fused-ring (bicyclic) bond motifs is 1. The van der Waals surface area contributed by atoms with Crippen molar-refractivity contribution in [3.05, 3.63) is 45.3 Å². The third kappa shape index (κ3) is 4.07. The van der Waals surface area contributed by atoms with Gasteiger partial charge >= 0.3 is 5.63 Å². The molecule has 0 radical (unpaired) electrons. The number of nitrogens with one attached hydrogen (secondary N) is 1. The third-order valence-electron chi connectivity index (χ3n) is 5.37. The second-order valence-electron chi connectivity index (χ2n) is 7.19. The summed E-state index contributed by atoms with van der Waals surface area (Å²) in [5, 5.41) is 4.45. The Labute approximate surface area is 165 Å². The van der Waals surface area contributed by atoms with Gasteiger partial charge in [-0.3, -0.25) is 4.90 Å². The second kappa shape index (κ2) is 8.28. The van der Waals surface area contributed by atoms with Crippen molar-refractivity contribution in [1.82, 2.24) is 10.2 Å². The fourth-order valence-electron chi connectivity index (χ4n) is 3.89. The number of nitrogens with zero attached hydrogens (tertiary/aromatic N) is 1. The van der Waals surface area contributed by atoms with Crippen LogP contribution in [0.4, 0.5) is 0 Å². The summed E-state index contributed by atoms with van der Waals surface area (Å²) in [6, 6.07) is 5.75. The van der Waals surface area contributed by atoms with Crippen molar-refractivity contribution >= 4 is 35.8 Å². The highest BCUT2D eigenvalue weighted by atomic mass is 35.5. The largest absolute Gasteiger partial charge is 0.423 e. The molecule has 4 rings (SSSR count). The van der Waals surface area contributed by atoms with Gasteiger partial charge in [-0.05, 0) is 55.6 Å². The molecule has 1 atom stereocenters. The predicted octanol–water partition coefficient (Wildman–Crippen LogP) is 2.82. The van der Waals surface area contributed by atoms with Gasteiger partial charge in [-0.1, -0.05) is 0 Å². The second-order valence-corrected chi connectivity index (χ2v) is 7.19. The van der Waals surface area contributed by atoms with Crippen molar-refractivity contribution in [3.8, 4) is 0 Å². The fourth-order valence-corrected chi connectivity index (χ4v) is 3.89. The number of morpholine rings is 1. The van der Waals surface area contributed by atoms with E-state index in [0.717, 1.165) is 62.3 Å². The van der Waals surface area contributed by atoms with Crippen LogP contribution in [0, 0.1) is 13.8 Å². The van der Waals surface area contributed by atoms with Gasteiger partial charge in [0.15, 0.2) is 0 Å². The topological polar surface area (TPSA) is 54.7 Å². The van der Waals surface area contributed by atoms with Gasteiger partial charge < -0.3 is 14.5 Å². The molecule has 26 heavy (non-hydrogen) atoms. The Bertz CT molecular complexity index is 831. The summed E-state index contributed by atoms with van der Waals surface area (Å²) < 4.78 is 11.5. The van der Waals surface area contributed by atoms with E-state index in [0.29, 0.717) is 5.58 Å². The lowest BCUT2D eigenvalue weighted by Gasteiger charge is -2.40. The highest BCUT2D eigenvalue weighted by Gasteiger charge is 2.39. The third-order valence-corrected chi connectivity index (χ3v) is 5.37. The molecule has 0 aliphatic carbocycles. The maximum absolute atomic E-state index is 12.0. The van der Waals surface area contributed by atoms with Gasteiger partial charge in [-0.15, -0.1) is 24.8 Å². The first-order chi connectivity index (χ1) is 11.5. The number of rotatable bonds is 2. The van der Waals surface area contributed by atoms with E-state index in [1.807, 2.05) is 13.0 Å². The molecule has 3 heterocycles. The molecule has 1 spiro atoms. The number of halogens is 2. The molecule has 7 heteroatoms. The lowest BCUT2D eigenvalue weighted by molar-refractivity contribution is -0.0983. The van der Waals surface area contributed by atoms with Crippen LogP contribution in [0.5, 0.6) is 0 Å². The molecule has 2 aliphatic rings. The monoisotopic (exact) mass is 400 g/mol. The summed E-state index contributed by atoms with van der Waals surface area (Å²) >= 11 is 0. The molecule has 1 N–H and O–H groups in total. The van der Waals surface area contributed by atoms with E-state index >= 15 is 0 Å². The fraction of sp³-hybridized carbons (Fsp3) is 0.526. The van der Waals surface area contributed by atoms with Crippen molar-refractivity contribution in [2.75, 3.05) is 32.8 Å². The summed E-state index contributed by atoms with van der Waals surface area (Å²) in [4.78, 5) is 14.4. The SMILES string of the molecule is Cc1cc2oc(=O)cc(CN3CCOC4(CCNC4)C3)c2cc1C.Cl.Cl. The van der Waals surface area contributed by atoms with Gasteiger partial charge in [-0.2, -0.15) is 0 Å². The molecular weight excluding hydrogens is 375 g/mol. The molecule has 2 aromatic rings. The first-order valence-corrected chi connectivity index (χ1v) is 8.66. The van der Waals surface area contributed by atoms with Crippen molar-refractivity contribution in [1.29, 1.82) is 0 Å². The summed E-state index contributed by atoms with van der Waals surface area (Å²) in [5.41, 5.74) is 3.77. The van der Waals surface area contributed by atoms with Crippen LogP contribution < -0.4 is 10.9 Å². The molecule has 2 saturated heterocycles. The van der Waals surface area contributed by atoms with E-state index in [-0.39, 0.29) is 36.0 Å². The molecule has 1 unspecified atom stereocenters. The van der Waals surface area contributed by atoms with E-state index in [2.05, 4.69) is 23.2 Å². The molecule has 0 bridgehead atoms. The highest BCUT2D eigenvalue weighted by Crippen LogP contribution is 2.27. The van der Waals surface area contributed by atoms with Crippen molar-refractivity contribution in [3.63, 3.8) is 0 Å². The van der Waals surface area contributed by atoms with Gasteiger partial charge in [0.25, 0.3) is 0 Å². The van der Waals surface area contributed by atoms with Crippen LogP contribution in [-0.2, 0) is 11.3 Å². The zero-order valence-corrected chi connectivity index (χ0v) is 16.8. The Morgan fingerprint density at radius 1 is 1.19 bits per heavy atom. The van der Waals surface area contributed by atoms with Crippen LogP contribution >= 0.6 is 24.8 Å². The minimum atomic E-state index is -0.272. The number of benzene rings is 1. The predicted molar refractivity (Wildman–Crippen MR) is 108 cm³/mol. The van der Waals surface area contributed by atoms with Gasteiger partial charge in [0.1, 0.15) is 5.58 Å².